The zero-order chi connectivity index (χ0) is 27.4. The Bertz CT molecular complexity index is 1670. The van der Waals surface area contributed by atoms with Crippen LogP contribution in [0.3, 0.4) is 0 Å². The van der Waals surface area contributed by atoms with E-state index in [1.165, 1.54) is 44.5 Å². The Labute approximate surface area is 227 Å². The first-order valence-corrected chi connectivity index (χ1v) is 12.5. The number of carbonyl (C=O) groups is 1. The molecule has 0 unspecified atom stereocenters. The monoisotopic (exact) mass is 542 g/mol. The number of ether oxygens (including phenoxy) is 2. The predicted octanol–water partition coefficient (Wildman–Crippen LogP) is 5.81. The van der Waals surface area contributed by atoms with Crippen molar-refractivity contribution in [3.8, 4) is 23.0 Å². The number of anilines is 3. The van der Waals surface area contributed by atoms with Crippen molar-refractivity contribution in [3.05, 3.63) is 90.5 Å². The lowest BCUT2D eigenvalue weighted by molar-refractivity contribution is 0.100. The summed E-state index contributed by atoms with van der Waals surface area (Å²) in [4.78, 5) is 26.1. The molecule has 0 bridgehead atoms. The van der Waals surface area contributed by atoms with Crippen LogP contribution in [0.15, 0.2) is 84.0 Å². The summed E-state index contributed by atoms with van der Waals surface area (Å²) in [5, 5.41) is 4.03. The number of fused-ring (bicyclic) bond motifs is 1. The van der Waals surface area contributed by atoms with Gasteiger partial charge < -0.3 is 25.2 Å². The molecule has 5 rings (SSSR count). The largest absolute Gasteiger partial charge is 0.480 e. The van der Waals surface area contributed by atoms with Gasteiger partial charge in [-0.05, 0) is 66.0 Å². The number of hydrogen-bond donors (Lipinski definition) is 3. The van der Waals surface area contributed by atoms with Crippen LogP contribution < -0.4 is 25.2 Å². The minimum atomic E-state index is -0.609. The third kappa shape index (κ3) is 5.68. The lowest BCUT2D eigenvalue weighted by atomic mass is 10.0. The first-order chi connectivity index (χ1) is 18.9. The molecule has 0 fully saturated rings. The smallest absolute Gasteiger partial charge is 0.319 e. The van der Waals surface area contributed by atoms with E-state index < -0.39 is 5.91 Å². The van der Waals surface area contributed by atoms with E-state index in [0.717, 1.165) is 21.8 Å². The molecule has 0 atom stereocenters. The normalized spacial score (nSPS) is 10.7. The molecular weight excluding hydrogens is 519 g/mol. The van der Waals surface area contributed by atoms with Crippen LogP contribution in [-0.4, -0.2) is 35.1 Å². The summed E-state index contributed by atoms with van der Waals surface area (Å²) in [6.07, 6.45) is 3.07. The zero-order valence-corrected chi connectivity index (χ0v) is 21.8. The van der Waals surface area contributed by atoms with Crippen molar-refractivity contribution in [2.24, 2.45) is 5.73 Å². The van der Waals surface area contributed by atoms with Crippen LogP contribution in [0.5, 0.6) is 11.9 Å². The van der Waals surface area contributed by atoms with E-state index in [9.17, 15) is 9.18 Å². The highest BCUT2D eigenvalue weighted by Crippen LogP contribution is 2.35. The summed E-state index contributed by atoms with van der Waals surface area (Å²) in [6, 6.07) is 19.5. The maximum absolute atomic E-state index is 13.2. The number of hydrogen-bond acceptors (Lipinski definition) is 9. The van der Waals surface area contributed by atoms with Crippen molar-refractivity contribution in [3.63, 3.8) is 0 Å². The van der Waals surface area contributed by atoms with Crippen LogP contribution in [0.25, 0.3) is 22.0 Å². The first-order valence-electron chi connectivity index (χ1n) is 11.7. The van der Waals surface area contributed by atoms with Crippen LogP contribution in [0.1, 0.15) is 10.4 Å². The topological polar surface area (TPSA) is 124 Å². The number of nitrogens with one attached hydrogen (secondary N) is 2. The second-order valence-corrected chi connectivity index (χ2v) is 9.17. The van der Waals surface area contributed by atoms with Gasteiger partial charge in [0.1, 0.15) is 5.82 Å². The Morgan fingerprint density at radius 3 is 2.49 bits per heavy atom. The van der Waals surface area contributed by atoms with E-state index in [2.05, 4.69) is 25.0 Å². The van der Waals surface area contributed by atoms with E-state index >= 15 is 0 Å². The summed E-state index contributed by atoms with van der Waals surface area (Å²) in [7, 11) is 3.00. The molecule has 3 aromatic carbocycles. The molecule has 11 heteroatoms. The molecule has 0 saturated heterocycles. The number of nitrogens with two attached hydrogens (primary N) is 1. The van der Waals surface area contributed by atoms with E-state index in [1.807, 2.05) is 42.5 Å². The predicted molar refractivity (Wildman–Crippen MR) is 150 cm³/mol. The Morgan fingerprint density at radius 1 is 0.949 bits per heavy atom. The number of halogens is 1. The molecule has 196 valence electrons. The average molecular weight is 543 g/mol. The number of aromatic nitrogens is 3. The van der Waals surface area contributed by atoms with Crippen molar-refractivity contribution in [2.75, 3.05) is 24.3 Å². The highest BCUT2D eigenvalue weighted by Gasteiger charge is 2.16. The van der Waals surface area contributed by atoms with Crippen LogP contribution in [0.2, 0.25) is 0 Å². The van der Waals surface area contributed by atoms with Gasteiger partial charge in [-0.25, -0.2) is 9.37 Å². The zero-order valence-electron chi connectivity index (χ0n) is 20.9. The Kier molecular flexibility index (Phi) is 7.41. The molecule has 0 aliphatic heterocycles. The van der Waals surface area contributed by atoms with Crippen LogP contribution in [-0.2, 0) is 0 Å². The fourth-order valence-corrected chi connectivity index (χ4v) is 4.55. The van der Waals surface area contributed by atoms with Crippen LogP contribution in [0, 0.1) is 5.82 Å². The maximum atomic E-state index is 13.2. The van der Waals surface area contributed by atoms with Gasteiger partial charge in [0.05, 0.1) is 36.6 Å². The van der Waals surface area contributed by atoms with Gasteiger partial charge in [-0.3, -0.25) is 9.78 Å². The van der Waals surface area contributed by atoms with Crippen molar-refractivity contribution in [1.29, 1.82) is 0 Å². The molecule has 1 amide bonds. The van der Waals surface area contributed by atoms with E-state index in [4.69, 9.17) is 15.2 Å². The Hall–Kier alpha value is -4.90. The number of primary amides is 1. The van der Waals surface area contributed by atoms with Crippen molar-refractivity contribution >= 4 is 45.8 Å². The third-order valence-corrected chi connectivity index (χ3v) is 6.63. The first kappa shape index (κ1) is 25.7. The Balaban J connectivity index is 1.47. The van der Waals surface area contributed by atoms with Gasteiger partial charge in [0.15, 0.2) is 0 Å². The summed E-state index contributed by atoms with van der Waals surface area (Å²) >= 11 is 1.36. The van der Waals surface area contributed by atoms with Gasteiger partial charge in [0, 0.05) is 34.1 Å². The van der Waals surface area contributed by atoms with Gasteiger partial charge >= 0.3 is 6.01 Å². The molecule has 9 nitrogen and oxygen atoms in total. The number of amides is 1. The average Bonchev–Trinajstić information content (AvgIpc) is 2.96. The van der Waals surface area contributed by atoms with Crippen molar-refractivity contribution in [1.82, 2.24) is 15.0 Å². The van der Waals surface area contributed by atoms with E-state index in [0.29, 0.717) is 28.0 Å². The van der Waals surface area contributed by atoms with Crippen LogP contribution in [0.4, 0.5) is 21.5 Å². The van der Waals surface area contributed by atoms with E-state index in [1.54, 1.807) is 18.3 Å². The molecule has 0 radical (unpaired) electrons. The molecular formula is C28H23FN6O3S. The summed E-state index contributed by atoms with van der Waals surface area (Å²) in [6.45, 7) is 0. The molecule has 2 heterocycles. The molecule has 4 N–H and O–H groups in total. The minimum Gasteiger partial charge on any atom is -0.480 e. The molecule has 5 aromatic rings. The fraction of sp³-hybridized carbons (Fsp3) is 0.0714. The van der Waals surface area contributed by atoms with Gasteiger partial charge in [0.25, 0.3) is 5.91 Å². The summed E-state index contributed by atoms with van der Waals surface area (Å²) in [5.74, 6) is -0.539. The molecule has 0 saturated carbocycles. The highest BCUT2D eigenvalue weighted by atomic mass is 32.2. The standard InChI is InChI=1S/C28H23FN6O3S/c1-37-27-22(14-32-28(34-27)38-2)16-6-11-21-24(12-16)31-15-23(26(30)36)25(21)33-18-4-3-5-19(13-18)35-39-20-9-7-17(29)8-10-20/h3-15,35H,1-2H3,(H2,30,36)(H,31,33). The molecule has 0 spiro atoms. The van der Waals surface area contributed by atoms with Crippen molar-refractivity contribution in [2.45, 2.75) is 4.90 Å². The SMILES string of the molecule is COc1ncc(-c2ccc3c(Nc4cccc(NSc5ccc(F)cc5)c4)c(C(N)=O)cnc3c2)c(OC)n1. The number of methoxy groups -OCH3 is 2. The third-order valence-electron chi connectivity index (χ3n) is 5.79. The highest BCUT2D eigenvalue weighted by molar-refractivity contribution is 8.00. The van der Waals surface area contributed by atoms with Gasteiger partial charge in [-0.2, -0.15) is 4.98 Å². The number of nitrogens with zero attached hydrogens (tertiary/aromatic N) is 3. The van der Waals surface area contributed by atoms with Gasteiger partial charge in [-0.15, -0.1) is 0 Å². The maximum Gasteiger partial charge on any atom is 0.319 e. The minimum absolute atomic E-state index is 0.194. The van der Waals surface area contributed by atoms with Crippen molar-refractivity contribution < 1.29 is 18.7 Å². The van der Waals surface area contributed by atoms with Gasteiger partial charge in [-0.1, -0.05) is 18.2 Å². The second kappa shape index (κ2) is 11.2. The quantitative estimate of drug-likeness (QED) is 0.198. The van der Waals surface area contributed by atoms with Gasteiger partial charge in [0.2, 0.25) is 5.88 Å². The molecule has 0 aliphatic rings. The fourth-order valence-electron chi connectivity index (χ4n) is 3.91. The number of rotatable bonds is 9. The summed E-state index contributed by atoms with van der Waals surface area (Å²) in [5.41, 5.74) is 10.1. The second-order valence-electron chi connectivity index (χ2n) is 8.29. The van der Waals surface area contributed by atoms with Crippen LogP contribution >= 0.6 is 11.9 Å². The Morgan fingerprint density at radius 2 is 1.74 bits per heavy atom. The number of benzene rings is 3. The summed E-state index contributed by atoms with van der Waals surface area (Å²) < 4.78 is 26.9. The molecule has 39 heavy (non-hydrogen) atoms. The molecule has 2 aromatic heterocycles. The number of carbonyl (C=O) groups excluding carboxylic acids is 1. The molecule has 0 aliphatic carbocycles. The lowest BCUT2D eigenvalue weighted by Crippen LogP contribution is -2.14. The van der Waals surface area contributed by atoms with E-state index in [-0.39, 0.29) is 17.4 Å². The number of pyridine rings is 1. The lowest BCUT2D eigenvalue weighted by Gasteiger charge is -2.15.